The van der Waals surface area contributed by atoms with Gasteiger partial charge in [-0.1, -0.05) is 12.1 Å². The van der Waals surface area contributed by atoms with Gasteiger partial charge in [-0.3, -0.25) is 9.59 Å². The number of benzene rings is 1. The quantitative estimate of drug-likeness (QED) is 0.526. The Morgan fingerprint density at radius 1 is 1.33 bits per heavy atom. The highest BCUT2D eigenvalue weighted by atomic mass is 16.2. The number of nitrogen functional groups attached to an aromatic ring is 1. The van der Waals surface area contributed by atoms with E-state index in [-0.39, 0.29) is 18.4 Å². The highest BCUT2D eigenvalue weighted by Crippen LogP contribution is 2.06. The molecular formula is C13H17N3O2. The highest BCUT2D eigenvalue weighted by molar-refractivity contribution is 5.92. The largest absolute Gasteiger partial charge is 0.399 e. The Labute approximate surface area is 106 Å². The lowest BCUT2D eigenvalue weighted by Gasteiger charge is -2.09. The van der Waals surface area contributed by atoms with Gasteiger partial charge < -0.3 is 16.8 Å². The topological polar surface area (TPSA) is 98.2 Å². The zero-order valence-corrected chi connectivity index (χ0v) is 10.2. The molecule has 0 aliphatic rings. The van der Waals surface area contributed by atoms with Crippen molar-refractivity contribution in [1.82, 2.24) is 5.32 Å². The van der Waals surface area contributed by atoms with Crippen LogP contribution in [0, 0.1) is 0 Å². The van der Waals surface area contributed by atoms with Gasteiger partial charge in [-0.15, -0.1) is 0 Å². The van der Waals surface area contributed by atoms with E-state index in [0.717, 1.165) is 5.56 Å². The number of primary amides is 1. The molecule has 0 bridgehead atoms. The second-order valence-electron chi connectivity index (χ2n) is 4.08. The van der Waals surface area contributed by atoms with Crippen LogP contribution in [0.3, 0.4) is 0 Å². The number of amides is 2. The number of rotatable bonds is 5. The van der Waals surface area contributed by atoms with E-state index in [0.29, 0.717) is 5.69 Å². The van der Waals surface area contributed by atoms with Crippen LogP contribution in [0.2, 0.25) is 0 Å². The van der Waals surface area contributed by atoms with Crippen molar-refractivity contribution in [3.05, 3.63) is 35.9 Å². The van der Waals surface area contributed by atoms with Crippen LogP contribution >= 0.6 is 0 Å². The van der Waals surface area contributed by atoms with Crippen LogP contribution in [0.15, 0.2) is 30.3 Å². The molecule has 0 saturated heterocycles. The Morgan fingerprint density at radius 3 is 2.50 bits per heavy atom. The first-order valence-electron chi connectivity index (χ1n) is 5.60. The van der Waals surface area contributed by atoms with E-state index in [1.54, 1.807) is 25.1 Å². The molecule has 0 aliphatic heterocycles. The lowest BCUT2D eigenvalue weighted by atomic mass is 10.2. The summed E-state index contributed by atoms with van der Waals surface area (Å²) in [5.41, 5.74) is 12.1. The number of hydrogen-bond donors (Lipinski definition) is 3. The van der Waals surface area contributed by atoms with Crippen LogP contribution in [0.1, 0.15) is 18.9 Å². The third-order valence-electron chi connectivity index (χ3n) is 2.26. The summed E-state index contributed by atoms with van der Waals surface area (Å²) in [7, 11) is 0. The summed E-state index contributed by atoms with van der Waals surface area (Å²) in [5, 5.41) is 2.64. The fraction of sp³-hybridized carbons (Fsp3) is 0.231. The molecule has 2 amide bonds. The van der Waals surface area contributed by atoms with Crippen LogP contribution in [0.4, 0.5) is 5.69 Å². The molecule has 96 valence electrons. The van der Waals surface area contributed by atoms with Crippen molar-refractivity contribution in [3.63, 3.8) is 0 Å². The lowest BCUT2D eigenvalue weighted by molar-refractivity contribution is -0.119. The van der Waals surface area contributed by atoms with Crippen LogP contribution in [-0.4, -0.2) is 17.9 Å². The van der Waals surface area contributed by atoms with Gasteiger partial charge in [-0.05, 0) is 30.7 Å². The predicted octanol–water partition coefficient (Wildman–Crippen LogP) is 0.662. The van der Waals surface area contributed by atoms with E-state index in [1.807, 2.05) is 12.1 Å². The molecule has 5 nitrogen and oxygen atoms in total. The molecule has 5 N–H and O–H groups in total. The Morgan fingerprint density at radius 2 is 1.94 bits per heavy atom. The SMILES string of the molecule is CC(CC(N)=O)NC(=O)/C=C/c1ccc(N)cc1. The zero-order valence-electron chi connectivity index (χ0n) is 10.2. The first kappa shape index (κ1) is 13.8. The Bertz CT molecular complexity index is 452. The molecule has 18 heavy (non-hydrogen) atoms. The third kappa shape index (κ3) is 5.16. The number of nitrogens with one attached hydrogen (secondary N) is 1. The maximum Gasteiger partial charge on any atom is 0.244 e. The summed E-state index contributed by atoms with van der Waals surface area (Å²) < 4.78 is 0. The van der Waals surface area contributed by atoms with Crippen molar-refractivity contribution >= 4 is 23.6 Å². The summed E-state index contributed by atoms with van der Waals surface area (Å²) in [4.78, 5) is 22.1. The summed E-state index contributed by atoms with van der Waals surface area (Å²) >= 11 is 0. The van der Waals surface area contributed by atoms with Crippen LogP contribution in [-0.2, 0) is 9.59 Å². The van der Waals surface area contributed by atoms with Crippen molar-refractivity contribution in [1.29, 1.82) is 0 Å². The number of anilines is 1. The minimum absolute atomic E-state index is 0.126. The second kappa shape index (κ2) is 6.44. The van der Waals surface area contributed by atoms with Gasteiger partial charge >= 0.3 is 0 Å². The fourth-order valence-electron chi connectivity index (χ4n) is 1.42. The van der Waals surface area contributed by atoms with E-state index in [2.05, 4.69) is 5.32 Å². The van der Waals surface area contributed by atoms with E-state index < -0.39 is 5.91 Å². The maximum absolute atomic E-state index is 11.5. The summed E-state index contributed by atoms with van der Waals surface area (Å²) in [5.74, 6) is -0.703. The van der Waals surface area contributed by atoms with Crippen LogP contribution in [0.5, 0.6) is 0 Å². The van der Waals surface area contributed by atoms with Crippen molar-refractivity contribution < 1.29 is 9.59 Å². The molecule has 1 atom stereocenters. The zero-order chi connectivity index (χ0) is 13.5. The minimum atomic E-state index is -0.440. The molecule has 1 aromatic carbocycles. The van der Waals surface area contributed by atoms with Crippen molar-refractivity contribution in [2.24, 2.45) is 5.73 Å². The van der Waals surface area contributed by atoms with Gasteiger partial charge in [-0.25, -0.2) is 0 Å². The van der Waals surface area contributed by atoms with Gasteiger partial charge in [-0.2, -0.15) is 0 Å². The molecule has 1 rings (SSSR count). The molecule has 0 aromatic heterocycles. The Balaban J connectivity index is 2.49. The van der Waals surface area contributed by atoms with Crippen molar-refractivity contribution in [3.8, 4) is 0 Å². The van der Waals surface area contributed by atoms with Gasteiger partial charge in [0.1, 0.15) is 0 Å². The van der Waals surface area contributed by atoms with Gasteiger partial charge in [0.2, 0.25) is 11.8 Å². The minimum Gasteiger partial charge on any atom is -0.399 e. The number of carbonyl (C=O) groups is 2. The molecule has 0 fully saturated rings. The van der Waals surface area contributed by atoms with E-state index in [4.69, 9.17) is 11.5 Å². The lowest BCUT2D eigenvalue weighted by Crippen LogP contribution is -2.34. The normalized spacial score (nSPS) is 12.3. The standard InChI is InChI=1S/C13H17N3O2/c1-9(8-12(15)17)16-13(18)7-4-10-2-5-11(14)6-3-10/h2-7,9H,8,14H2,1H3,(H2,15,17)(H,16,18)/b7-4+. The summed E-state index contributed by atoms with van der Waals surface area (Å²) in [6, 6.07) is 6.87. The average molecular weight is 247 g/mol. The molecule has 1 aromatic rings. The number of nitrogens with two attached hydrogens (primary N) is 2. The number of hydrogen-bond acceptors (Lipinski definition) is 3. The first-order chi connectivity index (χ1) is 8.47. The first-order valence-corrected chi connectivity index (χ1v) is 5.60. The van der Waals surface area contributed by atoms with E-state index >= 15 is 0 Å². The highest BCUT2D eigenvalue weighted by Gasteiger charge is 2.07. The second-order valence-corrected chi connectivity index (χ2v) is 4.08. The Hall–Kier alpha value is -2.30. The monoisotopic (exact) mass is 247 g/mol. The smallest absolute Gasteiger partial charge is 0.244 e. The van der Waals surface area contributed by atoms with Crippen LogP contribution in [0.25, 0.3) is 6.08 Å². The van der Waals surface area contributed by atoms with Gasteiger partial charge in [0.15, 0.2) is 0 Å². The predicted molar refractivity (Wildman–Crippen MR) is 71.3 cm³/mol. The third-order valence-corrected chi connectivity index (χ3v) is 2.26. The van der Waals surface area contributed by atoms with Crippen LogP contribution < -0.4 is 16.8 Å². The molecule has 0 saturated carbocycles. The molecule has 5 heteroatoms. The number of carbonyl (C=O) groups excluding carboxylic acids is 2. The van der Waals surface area contributed by atoms with Crippen molar-refractivity contribution in [2.75, 3.05) is 5.73 Å². The van der Waals surface area contributed by atoms with E-state index in [1.165, 1.54) is 6.08 Å². The van der Waals surface area contributed by atoms with Gasteiger partial charge in [0.25, 0.3) is 0 Å². The summed E-state index contributed by atoms with van der Waals surface area (Å²) in [6.07, 6.45) is 3.20. The summed E-state index contributed by atoms with van der Waals surface area (Å²) in [6.45, 7) is 1.72. The average Bonchev–Trinajstić information content (AvgIpc) is 2.27. The fourth-order valence-corrected chi connectivity index (χ4v) is 1.42. The van der Waals surface area contributed by atoms with Gasteiger partial charge in [0.05, 0.1) is 0 Å². The van der Waals surface area contributed by atoms with Crippen molar-refractivity contribution in [2.45, 2.75) is 19.4 Å². The van der Waals surface area contributed by atoms with Gasteiger partial charge in [0, 0.05) is 24.2 Å². The molecule has 0 heterocycles. The Kier molecular flexibility index (Phi) is 4.92. The maximum atomic E-state index is 11.5. The van der Waals surface area contributed by atoms with E-state index in [9.17, 15) is 9.59 Å². The molecule has 0 aliphatic carbocycles. The molecule has 0 spiro atoms. The molecular weight excluding hydrogens is 230 g/mol. The molecule has 0 radical (unpaired) electrons. The molecule has 1 unspecified atom stereocenters.